The summed E-state index contributed by atoms with van der Waals surface area (Å²) in [5, 5.41) is 0. The van der Waals surface area contributed by atoms with E-state index in [-0.39, 0.29) is 12.2 Å². The molecule has 2 aliphatic heterocycles. The zero-order valence-electron chi connectivity index (χ0n) is 14.0. The number of fused-ring (bicyclic) bond motifs is 1. The van der Waals surface area contributed by atoms with Gasteiger partial charge in [-0.2, -0.15) is 0 Å². The van der Waals surface area contributed by atoms with Gasteiger partial charge in [0, 0.05) is 0 Å². The number of ether oxygens (including phenoxy) is 1. The zero-order valence-corrected chi connectivity index (χ0v) is 14.0. The van der Waals surface area contributed by atoms with E-state index in [0.29, 0.717) is 12.2 Å². The van der Waals surface area contributed by atoms with Crippen LogP contribution < -0.4 is 0 Å². The standard InChI is InChI=1S/C18H34O3/c1-3-5-7-9-11-13-15-17-18(19-17)16(21-20-15)14-12-10-8-6-4-2/h15-18H,3-14H2,1-2H3/t15-,16+,17+,18-. The minimum atomic E-state index is 0.188. The maximum atomic E-state index is 5.81. The summed E-state index contributed by atoms with van der Waals surface area (Å²) in [5.41, 5.74) is 0. The minimum absolute atomic E-state index is 0.188. The van der Waals surface area contributed by atoms with E-state index in [1.165, 1.54) is 64.2 Å². The van der Waals surface area contributed by atoms with E-state index >= 15 is 0 Å². The van der Waals surface area contributed by atoms with Crippen molar-refractivity contribution in [3.8, 4) is 0 Å². The monoisotopic (exact) mass is 298 g/mol. The molecule has 124 valence electrons. The molecule has 2 fully saturated rings. The molecule has 0 amide bonds. The Morgan fingerprint density at radius 2 is 1.00 bits per heavy atom. The van der Waals surface area contributed by atoms with Crippen molar-refractivity contribution in [1.82, 2.24) is 0 Å². The Morgan fingerprint density at radius 1 is 0.571 bits per heavy atom. The molecule has 0 aromatic rings. The van der Waals surface area contributed by atoms with Gasteiger partial charge >= 0.3 is 0 Å². The maximum absolute atomic E-state index is 5.81. The second kappa shape index (κ2) is 9.81. The van der Waals surface area contributed by atoms with Crippen LogP contribution in [0.2, 0.25) is 0 Å². The molecule has 0 aromatic carbocycles. The molecule has 2 saturated heterocycles. The van der Waals surface area contributed by atoms with Gasteiger partial charge in [-0.1, -0.05) is 78.1 Å². The highest BCUT2D eigenvalue weighted by molar-refractivity contribution is 4.98. The van der Waals surface area contributed by atoms with Crippen LogP contribution in [-0.2, 0) is 14.5 Å². The van der Waals surface area contributed by atoms with E-state index in [4.69, 9.17) is 14.5 Å². The molecule has 21 heavy (non-hydrogen) atoms. The van der Waals surface area contributed by atoms with Crippen molar-refractivity contribution in [3.05, 3.63) is 0 Å². The third-order valence-electron chi connectivity index (χ3n) is 4.78. The molecule has 0 saturated carbocycles. The smallest absolute Gasteiger partial charge is 0.122 e. The van der Waals surface area contributed by atoms with E-state index < -0.39 is 0 Å². The first-order valence-corrected chi connectivity index (χ1v) is 9.34. The average molecular weight is 298 g/mol. The van der Waals surface area contributed by atoms with Gasteiger partial charge in [0.15, 0.2) is 0 Å². The van der Waals surface area contributed by atoms with Gasteiger partial charge in [-0.05, 0) is 12.8 Å². The first-order valence-electron chi connectivity index (χ1n) is 9.34. The van der Waals surface area contributed by atoms with Crippen LogP contribution >= 0.6 is 0 Å². The molecule has 3 nitrogen and oxygen atoms in total. The Hall–Kier alpha value is -0.120. The lowest BCUT2D eigenvalue weighted by atomic mass is 9.99. The summed E-state index contributed by atoms with van der Waals surface area (Å²) < 4.78 is 5.81. The highest BCUT2D eigenvalue weighted by atomic mass is 17.2. The second-order valence-corrected chi connectivity index (χ2v) is 6.74. The Morgan fingerprint density at radius 3 is 1.43 bits per heavy atom. The van der Waals surface area contributed by atoms with Gasteiger partial charge in [0.1, 0.15) is 24.4 Å². The molecule has 4 atom stereocenters. The van der Waals surface area contributed by atoms with Crippen LogP contribution in [0, 0.1) is 0 Å². The van der Waals surface area contributed by atoms with Crippen molar-refractivity contribution in [3.63, 3.8) is 0 Å². The van der Waals surface area contributed by atoms with Crippen molar-refractivity contribution < 1.29 is 14.5 Å². The highest BCUT2D eigenvalue weighted by Crippen LogP contribution is 2.39. The number of unbranched alkanes of at least 4 members (excludes halogenated alkanes) is 8. The normalized spacial score (nSPS) is 31.1. The molecular formula is C18H34O3. The van der Waals surface area contributed by atoms with E-state index in [2.05, 4.69) is 13.8 Å². The van der Waals surface area contributed by atoms with Gasteiger partial charge in [0.25, 0.3) is 0 Å². The first-order chi connectivity index (χ1) is 10.4. The second-order valence-electron chi connectivity index (χ2n) is 6.74. The van der Waals surface area contributed by atoms with Crippen LogP contribution in [0.4, 0.5) is 0 Å². The summed E-state index contributed by atoms with van der Waals surface area (Å²) in [6, 6.07) is 0. The highest BCUT2D eigenvalue weighted by Gasteiger charge is 2.54. The van der Waals surface area contributed by atoms with Crippen LogP contribution in [0.1, 0.15) is 90.9 Å². The van der Waals surface area contributed by atoms with Crippen molar-refractivity contribution >= 4 is 0 Å². The summed E-state index contributed by atoms with van der Waals surface area (Å²) in [6.45, 7) is 4.51. The van der Waals surface area contributed by atoms with E-state index in [1.807, 2.05) is 0 Å². The third kappa shape index (κ3) is 5.88. The quantitative estimate of drug-likeness (QED) is 0.283. The molecule has 0 unspecified atom stereocenters. The predicted octanol–water partition coefficient (Wildman–Crippen LogP) is 5.17. The fourth-order valence-corrected chi connectivity index (χ4v) is 3.31. The summed E-state index contributed by atoms with van der Waals surface area (Å²) in [5.74, 6) is 0. The fraction of sp³-hybridized carbons (Fsp3) is 1.00. The minimum Gasteiger partial charge on any atom is -0.364 e. The van der Waals surface area contributed by atoms with Crippen LogP contribution in [0.5, 0.6) is 0 Å². The summed E-state index contributed by atoms with van der Waals surface area (Å²) >= 11 is 0. The Labute approximate surface area is 130 Å². The van der Waals surface area contributed by atoms with Gasteiger partial charge in [-0.25, -0.2) is 9.78 Å². The number of epoxide rings is 1. The van der Waals surface area contributed by atoms with E-state index in [1.54, 1.807) is 0 Å². The van der Waals surface area contributed by atoms with Crippen molar-refractivity contribution in [1.29, 1.82) is 0 Å². The Balaban J connectivity index is 1.52. The fourth-order valence-electron chi connectivity index (χ4n) is 3.31. The SMILES string of the molecule is CCCCCCC[C@@H]1OO[C@H](CCCCCCC)[C@@H]2O[C@@H]21. The Kier molecular flexibility index (Phi) is 8.05. The molecule has 0 radical (unpaired) electrons. The lowest BCUT2D eigenvalue weighted by Crippen LogP contribution is -2.35. The molecule has 0 N–H and O–H groups in total. The van der Waals surface area contributed by atoms with Gasteiger partial charge in [0.05, 0.1) is 0 Å². The molecule has 0 aromatic heterocycles. The summed E-state index contributed by atoms with van der Waals surface area (Å²) in [6.07, 6.45) is 16.3. The van der Waals surface area contributed by atoms with Crippen LogP contribution in [0.3, 0.4) is 0 Å². The third-order valence-corrected chi connectivity index (χ3v) is 4.78. The topological polar surface area (TPSA) is 31.0 Å². The lowest BCUT2D eigenvalue weighted by molar-refractivity contribution is -0.366. The van der Waals surface area contributed by atoms with Crippen molar-refractivity contribution in [2.75, 3.05) is 0 Å². The molecule has 3 heteroatoms. The van der Waals surface area contributed by atoms with Crippen molar-refractivity contribution in [2.24, 2.45) is 0 Å². The molecule has 0 bridgehead atoms. The van der Waals surface area contributed by atoms with E-state index in [0.717, 1.165) is 12.8 Å². The van der Waals surface area contributed by atoms with E-state index in [9.17, 15) is 0 Å². The molecular weight excluding hydrogens is 264 g/mol. The molecule has 0 aliphatic carbocycles. The molecule has 2 aliphatic rings. The number of hydrogen-bond acceptors (Lipinski definition) is 3. The van der Waals surface area contributed by atoms with Gasteiger partial charge in [-0.3, -0.25) is 0 Å². The number of hydrogen-bond donors (Lipinski definition) is 0. The lowest BCUT2D eigenvalue weighted by Gasteiger charge is -2.24. The zero-order chi connectivity index (χ0) is 14.9. The largest absolute Gasteiger partial charge is 0.364 e. The Bertz CT molecular complexity index is 243. The average Bonchev–Trinajstić information content (AvgIpc) is 3.29. The first kappa shape index (κ1) is 17.2. The predicted molar refractivity (Wildman–Crippen MR) is 85.2 cm³/mol. The molecule has 2 heterocycles. The van der Waals surface area contributed by atoms with Crippen LogP contribution in [0.15, 0.2) is 0 Å². The molecule has 0 spiro atoms. The van der Waals surface area contributed by atoms with Gasteiger partial charge < -0.3 is 4.74 Å². The van der Waals surface area contributed by atoms with Crippen LogP contribution in [-0.4, -0.2) is 24.4 Å². The number of rotatable bonds is 12. The van der Waals surface area contributed by atoms with Crippen molar-refractivity contribution in [2.45, 2.75) is 115 Å². The maximum Gasteiger partial charge on any atom is 0.122 e. The van der Waals surface area contributed by atoms with Gasteiger partial charge in [0.2, 0.25) is 0 Å². The van der Waals surface area contributed by atoms with Gasteiger partial charge in [-0.15, -0.1) is 0 Å². The summed E-state index contributed by atoms with van der Waals surface area (Å²) in [7, 11) is 0. The summed E-state index contributed by atoms with van der Waals surface area (Å²) in [4.78, 5) is 11.2. The molecule has 2 rings (SSSR count). The van der Waals surface area contributed by atoms with Crippen LogP contribution in [0.25, 0.3) is 0 Å².